The number of aromatic nitrogens is 4. The van der Waals surface area contributed by atoms with E-state index in [0.717, 1.165) is 36.6 Å². The van der Waals surface area contributed by atoms with Crippen molar-refractivity contribution in [2.45, 2.75) is 50.5 Å². The number of pyridine rings is 1. The van der Waals surface area contributed by atoms with Gasteiger partial charge in [-0.3, -0.25) is 9.89 Å². The Morgan fingerprint density at radius 1 is 1.23 bits per heavy atom. The molecule has 1 aromatic carbocycles. The first kappa shape index (κ1) is 26.0. The number of benzene rings is 1. The minimum Gasteiger partial charge on any atom is -0.448 e. The molecule has 10 nitrogen and oxygen atoms in total. The van der Waals surface area contributed by atoms with Crippen molar-refractivity contribution in [3.05, 3.63) is 59.7 Å². The first-order valence-electron chi connectivity index (χ1n) is 13.7. The number of Topliss-reactive ketones (excluding diaryl/α,β-unsaturated/α-hetero) is 1. The maximum atomic E-state index is 15.2. The summed E-state index contributed by atoms with van der Waals surface area (Å²) in [6.45, 7) is 1.23. The van der Waals surface area contributed by atoms with Gasteiger partial charge in [0.15, 0.2) is 23.1 Å². The molecular formula is C29H32FN7O3. The largest absolute Gasteiger partial charge is 0.448 e. The fourth-order valence-electron chi connectivity index (χ4n) is 5.38. The average molecular weight is 546 g/mol. The number of aryl methyl sites for hydroxylation is 1. The van der Waals surface area contributed by atoms with Crippen LogP contribution < -0.4 is 5.32 Å². The Morgan fingerprint density at radius 2 is 2.08 bits per heavy atom. The van der Waals surface area contributed by atoms with Crippen LogP contribution in [-0.4, -0.2) is 75.0 Å². The fraction of sp³-hybridized carbons (Fsp3) is 0.414. The maximum absolute atomic E-state index is 15.2. The molecule has 2 aliphatic rings. The zero-order chi connectivity index (χ0) is 27.8. The summed E-state index contributed by atoms with van der Waals surface area (Å²) in [5, 5.41) is 11.6. The summed E-state index contributed by atoms with van der Waals surface area (Å²) in [7, 11) is 3.49. The average Bonchev–Trinajstić information content (AvgIpc) is 3.67. The van der Waals surface area contributed by atoms with Gasteiger partial charge in [0, 0.05) is 51.8 Å². The van der Waals surface area contributed by atoms with E-state index in [0.29, 0.717) is 53.2 Å². The molecule has 0 radical (unpaired) electrons. The Balaban J connectivity index is 1.16. The van der Waals surface area contributed by atoms with Gasteiger partial charge in [0.1, 0.15) is 17.8 Å². The number of nitrogens with one attached hydrogen (secondary N) is 2. The molecule has 2 fully saturated rings. The quantitative estimate of drug-likeness (QED) is 0.299. The van der Waals surface area contributed by atoms with E-state index in [9.17, 15) is 9.59 Å². The molecule has 40 heavy (non-hydrogen) atoms. The van der Waals surface area contributed by atoms with Crippen LogP contribution in [0.1, 0.15) is 60.0 Å². The zero-order valence-electron chi connectivity index (χ0n) is 22.6. The molecule has 1 aliphatic carbocycles. The molecule has 1 atom stereocenters. The van der Waals surface area contributed by atoms with Crippen LogP contribution in [0.4, 0.5) is 15.0 Å². The number of H-pyrrole nitrogens is 1. The molecule has 0 spiro atoms. The predicted octanol–water partition coefficient (Wildman–Crippen LogP) is 5.00. The number of fused-ring (bicyclic) bond motifs is 1. The predicted molar refractivity (Wildman–Crippen MR) is 148 cm³/mol. The lowest BCUT2D eigenvalue weighted by Crippen LogP contribution is -2.38. The highest BCUT2D eigenvalue weighted by atomic mass is 19.1. The standard InChI is InChI=1S/C29H32FN7O3/c1-36(2)29(39)37-13-11-20(15-37)32-27-25-21(10-12-31-26(25)34-35-27)19-7-6-17(22(30)14-19)8-9-24(38)23-16-40-28(33-23)18-4-3-5-18/h6-7,10,12,14,16,18,20H,3-5,8-9,11,13,15H2,1-2H3,(H2,31,32,34,35)/t20-/m1/s1. The van der Waals surface area contributed by atoms with Crippen molar-refractivity contribution in [2.24, 2.45) is 0 Å². The van der Waals surface area contributed by atoms with Crippen LogP contribution in [0.25, 0.3) is 22.2 Å². The third-order valence-corrected chi connectivity index (χ3v) is 7.89. The number of nitrogens with zero attached hydrogens (tertiary/aromatic N) is 5. The Kier molecular flexibility index (Phi) is 6.95. The lowest BCUT2D eigenvalue weighted by atomic mass is 9.85. The number of amides is 2. The van der Waals surface area contributed by atoms with Gasteiger partial charge in [-0.15, -0.1) is 0 Å². The van der Waals surface area contributed by atoms with Crippen LogP contribution in [-0.2, 0) is 6.42 Å². The minimum absolute atomic E-state index is 0.0183. The highest BCUT2D eigenvalue weighted by molar-refractivity contribution is 6.00. The number of hydrogen-bond acceptors (Lipinski definition) is 7. The van der Waals surface area contributed by atoms with E-state index in [4.69, 9.17) is 4.42 Å². The number of carbonyl (C=O) groups is 2. The second-order valence-electron chi connectivity index (χ2n) is 10.8. The van der Waals surface area contributed by atoms with Crippen molar-refractivity contribution in [2.75, 3.05) is 32.5 Å². The lowest BCUT2D eigenvalue weighted by molar-refractivity contribution is 0.0977. The molecule has 1 saturated carbocycles. The number of oxazole rings is 1. The number of likely N-dealkylation sites (tertiary alicyclic amines) is 1. The highest BCUT2D eigenvalue weighted by Gasteiger charge is 2.29. The highest BCUT2D eigenvalue weighted by Crippen LogP contribution is 2.36. The summed E-state index contributed by atoms with van der Waals surface area (Å²) < 4.78 is 20.7. The molecule has 208 valence electrons. The molecule has 11 heteroatoms. The summed E-state index contributed by atoms with van der Waals surface area (Å²) in [5.41, 5.74) is 2.83. The van der Waals surface area contributed by atoms with Crippen LogP contribution in [0.15, 0.2) is 41.1 Å². The summed E-state index contributed by atoms with van der Waals surface area (Å²) >= 11 is 0. The number of ketones is 1. The first-order chi connectivity index (χ1) is 19.4. The van der Waals surface area contributed by atoms with Crippen molar-refractivity contribution in [3.63, 3.8) is 0 Å². The molecular weight excluding hydrogens is 513 g/mol. The van der Waals surface area contributed by atoms with Gasteiger partial charge >= 0.3 is 6.03 Å². The van der Waals surface area contributed by atoms with Gasteiger partial charge < -0.3 is 19.5 Å². The zero-order valence-corrected chi connectivity index (χ0v) is 22.6. The number of anilines is 1. The molecule has 1 saturated heterocycles. The number of rotatable bonds is 8. The van der Waals surface area contributed by atoms with Crippen LogP contribution >= 0.6 is 0 Å². The minimum atomic E-state index is -0.378. The number of halogens is 1. The molecule has 0 unspecified atom stereocenters. The van der Waals surface area contributed by atoms with Crippen molar-refractivity contribution in [3.8, 4) is 11.1 Å². The van der Waals surface area contributed by atoms with E-state index in [-0.39, 0.29) is 36.5 Å². The summed E-state index contributed by atoms with van der Waals surface area (Å²) in [6, 6.07) is 6.92. The Bertz CT molecular complexity index is 1560. The number of hydrogen-bond donors (Lipinski definition) is 2. The second kappa shape index (κ2) is 10.7. The van der Waals surface area contributed by atoms with Crippen LogP contribution in [0.5, 0.6) is 0 Å². The Hall–Kier alpha value is -4.28. The molecule has 4 aromatic rings. The number of carbonyl (C=O) groups excluding carboxylic acids is 2. The van der Waals surface area contributed by atoms with Gasteiger partial charge in [0.25, 0.3) is 0 Å². The van der Waals surface area contributed by atoms with Crippen molar-refractivity contribution >= 4 is 28.7 Å². The third kappa shape index (κ3) is 5.03. The van der Waals surface area contributed by atoms with E-state index in [1.54, 1.807) is 36.2 Å². The Morgan fingerprint density at radius 3 is 2.83 bits per heavy atom. The number of aromatic amines is 1. The molecule has 2 amide bonds. The topological polar surface area (TPSA) is 120 Å². The molecule has 2 N–H and O–H groups in total. The molecule has 3 aromatic heterocycles. The van der Waals surface area contributed by atoms with Gasteiger partial charge in [0.05, 0.1) is 5.39 Å². The van der Waals surface area contributed by atoms with Crippen LogP contribution in [0, 0.1) is 5.82 Å². The molecule has 0 bridgehead atoms. The van der Waals surface area contributed by atoms with E-state index < -0.39 is 0 Å². The SMILES string of the molecule is CN(C)C(=O)N1CC[C@@H](Nc2n[nH]c3nccc(-c4ccc(CCC(=O)c5coc(C6CCC6)n5)c(F)c4)c23)C1. The van der Waals surface area contributed by atoms with Gasteiger partial charge in [-0.2, -0.15) is 5.10 Å². The van der Waals surface area contributed by atoms with Crippen LogP contribution in [0.3, 0.4) is 0 Å². The van der Waals surface area contributed by atoms with Crippen molar-refractivity contribution < 1.29 is 18.4 Å². The normalized spacial score (nSPS) is 17.3. The van der Waals surface area contributed by atoms with Gasteiger partial charge in [-0.25, -0.2) is 19.2 Å². The summed E-state index contributed by atoms with van der Waals surface area (Å²) in [4.78, 5) is 37.1. The monoisotopic (exact) mass is 545 g/mol. The first-order valence-corrected chi connectivity index (χ1v) is 13.7. The van der Waals surface area contributed by atoms with Gasteiger partial charge in [-0.1, -0.05) is 18.6 Å². The lowest BCUT2D eigenvalue weighted by Gasteiger charge is -2.21. The number of urea groups is 1. The fourth-order valence-corrected chi connectivity index (χ4v) is 5.38. The maximum Gasteiger partial charge on any atom is 0.319 e. The van der Waals surface area contributed by atoms with Crippen molar-refractivity contribution in [1.29, 1.82) is 0 Å². The van der Waals surface area contributed by atoms with E-state index in [2.05, 4.69) is 25.5 Å². The van der Waals surface area contributed by atoms with Gasteiger partial charge in [-0.05, 0) is 54.5 Å². The second-order valence-corrected chi connectivity index (χ2v) is 10.8. The van der Waals surface area contributed by atoms with Gasteiger partial charge in [0.2, 0.25) is 0 Å². The van der Waals surface area contributed by atoms with Crippen molar-refractivity contribution in [1.82, 2.24) is 30.0 Å². The van der Waals surface area contributed by atoms with E-state index in [1.807, 2.05) is 12.1 Å². The van der Waals surface area contributed by atoms with Crippen LogP contribution in [0.2, 0.25) is 0 Å². The smallest absolute Gasteiger partial charge is 0.319 e. The van der Waals surface area contributed by atoms with E-state index >= 15 is 4.39 Å². The molecule has 4 heterocycles. The summed E-state index contributed by atoms with van der Waals surface area (Å²) in [6.07, 6.45) is 7.54. The summed E-state index contributed by atoms with van der Waals surface area (Å²) in [5.74, 6) is 1.04. The Labute approximate surface area is 231 Å². The molecule has 6 rings (SSSR count). The third-order valence-electron chi connectivity index (χ3n) is 7.89. The molecule has 1 aliphatic heterocycles. The van der Waals surface area contributed by atoms with E-state index in [1.165, 1.54) is 12.3 Å².